The molecule has 1 saturated heterocycles. The van der Waals surface area contributed by atoms with Crippen LogP contribution in [0.5, 0.6) is 0 Å². The van der Waals surface area contributed by atoms with Crippen molar-refractivity contribution in [2.75, 3.05) is 26.2 Å². The van der Waals surface area contributed by atoms with Crippen LogP contribution in [0.15, 0.2) is 36.5 Å². The third kappa shape index (κ3) is 3.56. The lowest BCUT2D eigenvalue weighted by molar-refractivity contribution is 0.0931. The molecular formula is C16H20N4O. The molecule has 0 spiro atoms. The van der Waals surface area contributed by atoms with Crippen molar-refractivity contribution in [2.45, 2.75) is 12.8 Å². The van der Waals surface area contributed by atoms with Gasteiger partial charge in [-0.05, 0) is 38.1 Å². The number of likely N-dealkylation sites (tertiary alicyclic amines) is 1. The number of para-hydroxylation sites is 1. The van der Waals surface area contributed by atoms with Gasteiger partial charge >= 0.3 is 0 Å². The second kappa shape index (κ2) is 6.65. The summed E-state index contributed by atoms with van der Waals surface area (Å²) in [6, 6.07) is 9.64. The van der Waals surface area contributed by atoms with E-state index in [2.05, 4.69) is 20.7 Å². The van der Waals surface area contributed by atoms with E-state index in [1.165, 1.54) is 25.9 Å². The van der Waals surface area contributed by atoms with Gasteiger partial charge < -0.3 is 4.90 Å². The van der Waals surface area contributed by atoms with Crippen molar-refractivity contribution >= 4 is 16.8 Å². The van der Waals surface area contributed by atoms with Crippen LogP contribution in [0, 0.1) is 0 Å². The van der Waals surface area contributed by atoms with Crippen LogP contribution in [0.2, 0.25) is 0 Å². The molecule has 0 unspecified atom stereocenters. The maximum absolute atomic E-state index is 12.1. The Hall–Kier alpha value is -1.98. The van der Waals surface area contributed by atoms with Gasteiger partial charge in [-0.25, -0.2) is 5.43 Å². The lowest BCUT2D eigenvalue weighted by Gasteiger charge is -2.15. The zero-order valence-electron chi connectivity index (χ0n) is 12.0. The number of carbonyl (C=O) groups excluding carboxylic acids is 1. The highest BCUT2D eigenvalue weighted by Gasteiger charge is 2.11. The van der Waals surface area contributed by atoms with Crippen LogP contribution in [0.4, 0.5) is 0 Å². The molecule has 1 aromatic carbocycles. The Morgan fingerprint density at radius 3 is 2.90 bits per heavy atom. The number of nitrogens with one attached hydrogen (secondary N) is 2. The number of carbonyl (C=O) groups is 1. The summed E-state index contributed by atoms with van der Waals surface area (Å²) in [5, 5.41) is 0.974. The molecule has 1 amide bonds. The van der Waals surface area contributed by atoms with Crippen LogP contribution in [0.25, 0.3) is 10.9 Å². The first-order valence-corrected chi connectivity index (χ1v) is 7.43. The summed E-state index contributed by atoms with van der Waals surface area (Å²) in [4.78, 5) is 18.8. The molecule has 0 atom stereocenters. The van der Waals surface area contributed by atoms with E-state index in [-0.39, 0.29) is 5.91 Å². The molecule has 2 heterocycles. The second-order valence-electron chi connectivity index (χ2n) is 5.35. The fraction of sp³-hybridized carbons (Fsp3) is 0.375. The quantitative estimate of drug-likeness (QED) is 0.646. The smallest absolute Gasteiger partial charge is 0.266 e. The fourth-order valence-electron chi connectivity index (χ4n) is 2.63. The van der Waals surface area contributed by atoms with Gasteiger partial charge in [-0.15, -0.1) is 0 Å². The number of nitrogens with zero attached hydrogens (tertiary/aromatic N) is 2. The van der Waals surface area contributed by atoms with Gasteiger partial charge in [0.15, 0.2) is 0 Å². The van der Waals surface area contributed by atoms with Gasteiger partial charge in [-0.2, -0.15) is 0 Å². The van der Waals surface area contributed by atoms with Gasteiger partial charge in [0, 0.05) is 24.7 Å². The van der Waals surface area contributed by atoms with E-state index in [4.69, 9.17) is 0 Å². The van der Waals surface area contributed by atoms with Gasteiger partial charge in [-0.3, -0.25) is 15.2 Å². The number of hydrogen-bond donors (Lipinski definition) is 2. The van der Waals surface area contributed by atoms with E-state index in [0.717, 1.165) is 24.0 Å². The molecule has 110 valence electrons. The van der Waals surface area contributed by atoms with Crippen molar-refractivity contribution in [1.82, 2.24) is 20.7 Å². The average molecular weight is 284 g/mol. The Bertz CT molecular complexity index is 622. The molecule has 2 aromatic rings. The number of pyridine rings is 1. The third-order valence-electron chi connectivity index (χ3n) is 3.81. The van der Waals surface area contributed by atoms with Gasteiger partial charge in [0.25, 0.3) is 5.91 Å². The number of fused-ring (bicyclic) bond motifs is 1. The Balaban J connectivity index is 1.51. The number of aromatic nitrogens is 1. The van der Waals surface area contributed by atoms with Crippen LogP contribution in [-0.2, 0) is 0 Å². The molecule has 5 heteroatoms. The molecule has 3 rings (SSSR count). The highest BCUT2D eigenvalue weighted by molar-refractivity contribution is 5.96. The summed E-state index contributed by atoms with van der Waals surface area (Å²) in [5.74, 6) is -0.144. The number of rotatable bonds is 5. The fourth-order valence-corrected chi connectivity index (χ4v) is 2.63. The minimum absolute atomic E-state index is 0.144. The number of benzene rings is 1. The summed E-state index contributed by atoms with van der Waals surface area (Å²) in [7, 11) is 0. The molecule has 0 bridgehead atoms. The van der Waals surface area contributed by atoms with E-state index in [9.17, 15) is 4.79 Å². The number of hydrogen-bond acceptors (Lipinski definition) is 4. The van der Waals surface area contributed by atoms with E-state index in [1.807, 2.05) is 30.3 Å². The van der Waals surface area contributed by atoms with E-state index in [0.29, 0.717) is 5.56 Å². The largest absolute Gasteiger partial charge is 0.302 e. The van der Waals surface area contributed by atoms with Crippen molar-refractivity contribution in [2.24, 2.45) is 0 Å². The number of amides is 1. The molecule has 0 aliphatic carbocycles. The molecule has 1 aliphatic heterocycles. The zero-order chi connectivity index (χ0) is 14.5. The predicted molar refractivity (Wildman–Crippen MR) is 82.9 cm³/mol. The Labute approximate surface area is 124 Å². The maximum atomic E-state index is 12.1. The SMILES string of the molecule is O=C(NNCCN1CCCC1)c1cnc2ccccc2c1. The normalized spacial score (nSPS) is 15.4. The second-order valence-corrected chi connectivity index (χ2v) is 5.35. The van der Waals surface area contributed by atoms with Gasteiger partial charge in [0.1, 0.15) is 0 Å². The minimum Gasteiger partial charge on any atom is -0.302 e. The topological polar surface area (TPSA) is 57.3 Å². The predicted octanol–water partition coefficient (Wildman–Crippen LogP) is 1.56. The van der Waals surface area contributed by atoms with Gasteiger partial charge in [-0.1, -0.05) is 18.2 Å². The Morgan fingerprint density at radius 1 is 1.24 bits per heavy atom. The van der Waals surface area contributed by atoms with Crippen LogP contribution >= 0.6 is 0 Å². The molecule has 0 radical (unpaired) electrons. The van der Waals surface area contributed by atoms with E-state index >= 15 is 0 Å². The highest BCUT2D eigenvalue weighted by Crippen LogP contribution is 2.12. The first-order valence-electron chi connectivity index (χ1n) is 7.43. The van der Waals surface area contributed by atoms with Gasteiger partial charge in [0.2, 0.25) is 0 Å². The lowest BCUT2D eigenvalue weighted by atomic mass is 10.1. The molecule has 0 saturated carbocycles. The molecule has 5 nitrogen and oxygen atoms in total. The van der Waals surface area contributed by atoms with Crippen LogP contribution in [-0.4, -0.2) is 42.0 Å². The molecule has 21 heavy (non-hydrogen) atoms. The number of hydrazine groups is 1. The van der Waals surface area contributed by atoms with Crippen molar-refractivity contribution in [3.63, 3.8) is 0 Å². The summed E-state index contributed by atoms with van der Waals surface area (Å²) >= 11 is 0. The van der Waals surface area contributed by atoms with Crippen LogP contribution in [0.3, 0.4) is 0 Å². The first kappa shape index (κ1) is 14.0. The highest BCUT2D eigenvalue weighted by atomic mass is 16.2. The monoisotopic (exact) mass is 284 g/mol. The van der Waals surface area contributed by atoms with Crippen molar-refractivity contribution in [3.8, 4) is 0 Å². The van der Waals surface area contributed by atoms with Crippen LogP contribution < -0.4 is 10.9 Å². The molecular weight excluding hydrogens is 264 g/mol. The molecule has 1 aromatic heterocycles. The van der Waals surface area contributed by atoms with Crippen molar-refractivity contribution in [1.29, 1.82) is 0 Å². The standard InChI is InChI=1S/C16H20N4O/c21-16(19-18-7-10-20-8-3-4-9-20)14-11-13-5-1-2-6-15(13)17-12-14/h1-2,5-6,11-12,18H,3-4,7-10H2,(H,19,21). The van der Waals surface area contributed by atoms with E-state index in [1.54, 1.807) is 6.20 Å². The summed E-state index contributed by atoms with van der Waals surface area (Å²) in [6.07, 6.45) is 4.18. The molecule has 1 aliphatic rings. The molecule has 1 fully saturated rings. The average Bonchev–Trinajstić information content (AvgIpc) is 3.04. The molecule has 2 N–H and O–H groups in total. The van der Waals surface area contributed by atoms with Crippen molar-refractivity contribution in [3.05, 3.63) is 42.1 Å². The maximum Gasteiger partial charge on any atom is 0.266 e. The van der Waals surface area contributed by atoms with Crippen molar-refractivity contribution < 1.29 is 4.79 Å². The Morgan fingerprint density at radius 2 is 2.05 bits per heavy atom. The summed E-state index contributed by atoms with van der Waals surface area (Å²) in [6.45, 7) is 4.07. The zero-order valence-corrected chi connectivity index (χ0v) is 12.0. The first-order chi connectivity index (χ1) is 10.3. The summed E-state index contributed by atoms with van der Waals surface area (Å²) < 4.78 is 0. The van der Waals surface area contributed by atoms with Gasteiger partial charge in [0.05, 0.1) is 11.1 Å². The lowest BCUT2D eigenvalue weighted by Crippen LogP contribution is -2.41. The van der Waals surface area contributed by atoms with Crippen LogP contribution in [0.1, 0.15) is 23.2 Å². The van der Waals surface area contributed by atoms with E-state index < -0.39 is 0 Å². The summed E-state index contributed by atoms with van der Waals surface area (Å²) in [5.41, 5.74) is 7.19. The minimum atomic E-state index is -0.144. The Kier molecular flexibility index (Phi) is 4.43. The third-order valence-corrected chi connectivity index (χ3v) is 3.81.